The van der Waals surface area contributed by atoms with Gasteiger partial charge in [-0.05, 0) is 32.1 Å². The molecule has 2 heteroatoms. The van der Waals surface area contributed by atoms with E-state index in [0.29, 0.717) is 0 Å². The van der Waals surface area contributed by atoms with Crippen LogP contribution in [0.4, 0.5) is 0 Å². The number of aromatic amines is 1. The quantitative estimate of drug-likeness (QED) is 0.725. The van der Waals surface area contributed by atoms with Gasteiger partial charge in [0, 0.05) is 23.0 Å². The van der Waals surface area contributed by atoms with Gasteiger partial charge in [0.25, 0.3) is 0 Å². The average molecular weight is 191 g/mol. The van der Waals surface area contributed by atoms with Gasteiger partial charge in [0.05, 0.1) is 0 Å². The molecule has 0 amide bonds. The standard InChI is InChI=1S/C12H17NO/c1-3-9-4-5-10-11(7-9)13-8(2)6-12(10)14/h6,9H,3-5,7H2,1-2H3,(H,13,14). The SMILES string of the molecule is CCC1CCc2c([nH]c(C)cc2=O)C1. The van der Waals surface area contributed by atoms with Gasteiger partial charge in [0.2, 0.25) is 0 Å². The van der Waals surface area contributed by atoms with Crippen LogP contribution in [-0.2, 0) is 12.8 Å². The molecule has 0 aliphatic heterocycles. The monoisotopic (exact) mass is 191 g/mol. The fourth-order valence-electron chi connectivity index (χ4n) is 2.32. The maximum atomic E-state index is 11.7. The van der Waals surface area contributed by atoms with E-state index < -0.39 is 0 Å². The van der Waals surface area contributed by atoms with Gasteiger partial charge in [-0.25, -0.2) is 0 Å². The number of H-pyrrole nitrogens is 1. The first-order chi connectivity index (χ1) is 6.70. The highest BCUT2D eigenvalue weighted by atomic mass is 16.1. The summed E-state index contributed by atoms with van der Waals surface area (Å²) in [5, 5.41) is 0. The van der Waals surface area contributed by atoms with Crippen LogP contribution in [-0.4, -0.2) is 4.98 Å². The van der Waals surface area contributed by atoms with Gasteiger partial charge >= 0.3 is 0 Å². The molecule has 0 saturated heterocycles. The lowest BCUT2D eigenvalue weighted by Gasteiger charge is -2.22. The first-order valence-electron chi connectivity index (χ1n) is 5.42. The van der Waals surface area contributed by atoms with Crippen LogP contribution in [0, 0.1) is 12.8 Å². The van der Waals surface area contributed by atoms with Crippen molar-refractivity contribution in [2.75, 3.05) is 0 Å². The van der Waals surface area contributed by atoms with Crippen LogP contribution in [0.2, 0.25) is 0 Å². The summed E-state index contributed by atoms with van der Waals surface area (Å²) < 4.78 is 0. The highest BCUT2D eigenvalue weighted by Crippen LogP contribution is 2.24. The van der Waals surface area contributed by atoms with Gasteiger partial charge in [-0.15, -0.1) is 0 Å². The van der Waals surface area contributed by atoms with E-state index in [-0.39, 0.29) is 5.43 Å². The van der Waals surface area contributed by atoms with Crippen LogP contribution in [0.25, 0.3) is 0 Å². The zero-order valence-electron chi connectivity index (χ0n) is 8.89. The molecule has 76 valence electrons. The summed E-state index contributed by atoms with van der Waals surface area (Å²) >= 11 is 0. The first kappa shape index (κ1) is 9.50. The van der Waals surface area contributed by atoms with Gasteiger partial charge in [-0.2, -0.15) is 0 Å². The summed E-state index contributed by atoms with van der Waals surface area (Å²) in [6.45, 7) is 4.18. The molecule has 2 nitrogen and oxygen atoms in total. The molecule has 1 aromatic heterocycles. The summed E-state index contributed by atoms with van der Waals surface area (Å²) in [5.74, 6) is 0.764. The third-order valence-electron chi connectivity index (χ3n) is 3.23. The van der Waals surface area contributed by atoms with Crippen molar-refractivity contribution in [1.82, 2.24) is 4.98 Å². The Hall–Kier alpha value is -1.05. The third-order valence-corrected chi connectivity index (χ3v) is 3.23. The summed E-state index contributed by atoms with van der Waals surface area (Å²) in [7, 11) is 0. The van der Waals surface area contributed by atoms with E-state index in [4.69, 9.17) is 0 Å². The average Bonchev–Trinajstić information content (AvgIpc) is 2.16. The number of aromatic nitrogens is 1. The van der Waals surface area contributed by atoms with E-state index in [1.54, 1.807) is 6.07 Å². The zero-order valence-corrected chi connectivity index (χ0v) is 8.89. The number of fused-ring (bicyclic) bond motifs is 1. The number of hydrogen-bond donors (Lipinski definition) is 1. The van der Waals surface area contributed by atoms with Crippen molar-refractivity contribution in [3.05, 3.63) is 33.2 Å². The predicted molar refractivity (Wildman–Crippen MR) is 57.6 cm³/mol. The minimum atomic E-state index is 0.228. The Balaban J connectivity index is 2.42. The summed E-state index contributed by atoms with van der Waals surface area (Å²) in [4.78, 5) is 15.0. The zero-order chi connectivity index (χ0) is 10.1. The Bertz CT molecular complexity index is 392. The molecular formula is C12H17NO. The van der Waals surface area contributed by atoms with E-state index in [2.05, 4.69) is 11.9 Å². The number of nitrogens with one attached hydrogen (secondary N) is 1. The third kappa shape index (κ3) is 1.61. The molecule has 0 radical (unpaired) electrons. The van der Waals surface area contributed by atoms with Crippen LogP contribution >= 0.6 is 0 Å². The minimum absolute atomic E-state index is 0.228. The van der Waals surface area contributed by atoms with Gasteiger partial charge < -0.3 is 4.98 Å². The highest BCUT2D eigenvalue weighted by molar-refractivity contribution is 5.25. The fraction of sp³-hybridized carbons (Fsp3) is 0.583. The lowest BCUT2D eigenvalue weighted by atomic mass is 9.85. The molecule has 1 N–H and O–H groups in total. The number of pyridine rings is 1. The summed E-state index contributed by atoms with van der Waals surface area (Å²) in [5.41, 5.74) is 3.43. The van der Waals surface area contributed by atoms with Crippen molar-refractivity contribution in [3.8, 4) is 0 Å². The Morgan fingerprint density at radius 3 is 3.07 bits per heavy atom. The van der Waals surface area contributed by atoms with Crippen molar-refractivity contribution in [2.45, 2.75) is 39.5 Å². The molecule has 14 heavy (non-hydrogen) atoms. The van der Waals surface area contributed by atoms with Crippen LogP contribution < -0.4 is 5.43 Å². The van der Waals surface area contributed by atoms with E-state index in [0.717, 1.165) is 30.0 Å². The molecule has 1 aliphatic rings. The largest absolute Gasteiger partial charge is 0.362 e. The fourth-order valence-corrected chi connectivity index (χ4v) is 2.32. The molecule has 0 bridgehead atoms. The number of rotatable bonds is 1. The molecule has 1 atom stereocenters. The van der Waals surface area contributed by atoms with E-state index >= 15 is 0 Å². The van der Waals surface area contributed by atoms with Crippen LogP contribution in [0.5, 0.6) is 0 Å². The first-order valence-corrected chi connectivity index (χ1v) is 5.42. The van der Waals surface area contributed by atoms with Crippen molar-refractivity contribution in [2.24, 2.45) is 5.92 Å². The molecule has 2 rings (SSSR count). The molecule has 0 aromatic carbocycles. The molecule has 1 aromatic rings. The van der Waals surface area contributed by atoms with Crippen molar-refractivity contribution < 1.29 is 0 Å². The summed E-state index contributed by atoms with van der Waals surface area (Å²) in [6.07, 6.45) is 4.41. The maximum absolute atomic E-state index is 11.7. The molecule has 1 aliphatic carbocycles. The van der Waals surface area contributed by atoms with Crippen LogP contribution in [0.3, 0.4) is 0 Å². The predicted octanol–water partition coefficient (Wildman–Crippen LogP) is 2.20. The number of aryl methyl sites for hydroxylation is 1. The number of hydrogen-bond acceptors (Lipinski definition) is 1. The molecule has 1 heterocycles. The molecule has 1 unspecified atom stereocenters. The molecule has 0 saturated carbocycles. The minimum Gasteiger partial charge on any atom is -0.362 e. The highest BCUT2D eigenvalue weighted by Gasteiger charge is 2.19. The van der Waals surface area contributed by atoms with Gasteiger partial charge in [-0.1, -0.05) is 13.3 Å². The van der Waals surface area contributed by atoms with E-state index in [1.807, 2.05) is 6.92 Å². The van der Waals surface area contributed by atoms with Crippen LogP contribution in [0.1, 0.15) is 36.7 Å². The second-order valence-corrected chi connectivity index (χ2v) is 4.29. The van der Waals surface area contributed by atoms with Gasteiger partial charge in [-0.3, -0.25) is 4.79 Å². The normalized spacial score (nSPS) is 20.6. The lowest BCUT2D eigenvalue weighted by molar-refractivity contribution is 0.436. The van der Waals surface area contributed by atoms with Gasteiger partial charge in [0.1, 0.15) is 0 Å². The molecular weight excluding hydrogens is 174 g/mol. The Morgan fingerprint density at radius 1 is 1.57 bits per heavy atom. The van der Waals surface area contributed by atoms with Crippen molar-refractivity contribution >= 4 is 0 Å². The van der Waals surface area contributed by atoms with Crippen LogP contribution in [0.15, 0.2) is 10.9 Å². The summed E-state index contributed by atoms with van der Waals surface area (Å²) in [6, 6.07) is 1.71. The second-order valence-electron chi connectivity index (χ2n) is 4.29. The van der Waals surface area contributed by atoms with Gasteiger partial charge in [0.15, 0.2) is 5.43 Å². The van der Waals surface area contributed by atoms with Crippen molar-refractivity contribution in [1.29, 1.82) is 0 Å². The van der Waals surface area contributed by atoms with E-state index in [9.17, 15) is 4.79 Å². The smallest absolute Gasteiger partial charge is 0.185 e. The topological polar surface area (TPSA) is 32.9 Å². The Labute approximate surface area is 84.4 Å². The Kier molecular flexibility index (Phi) is 2.44. The lowest BCUT2D eigenvalue weighted by Crippen LogP contribution is -2.22. The molecule has 0 spiro atoms. The maximum Gasteiger partial charge on any atom is 0.185 e. The Morgan fingerprint density at radius 2 is 2.36 bits per heavy atom. The van der Waals surface area contributed by atoms with Crippen molar-refractivity contribution in [3.63, 3.8) is 0 Å². The van der Waals surface area contributed by atoms with E-state index in [1.165, 1.54) is 18.5 Å². The molecule has 0 fully saturated rings. The second kappa shape index (κ2) is 3.60.